The van der Waals surface area contributed by atoms with Gasteiger partial charge in [0.05, 0.1) is 5.69 Å². The maximum atomic E-state index is 5.85. The molecule has 2 heterocycles. The summed E-state index contributed by atoms with van der Waals surface area (Å²) in [7, 11) is 1.73. The number of benzene rings is 1. The molecule has 0 bridgehead atoms. The first-order valence-electron chi connectivity index (χ1n) is 8.54. The van der Waals surface area contributed by atoms with Gasteiger partial charge in [0.25, 0.3) is 5.89 Å². The molecule has 1 aliphatic rings. The lowest BCUT2D eigenvalue weighted by molar-refractivity contribution is -0.0520. The van der Waals surface area contributed by atoms with Crippen molar-refractivity contribution >= 4 is 0 Å². The molecule has 0 amide bonds. The van der Waals surface area contributed by atoms with Gasteiger partial charge in [-0.05, 0) is 35.4 Å². The van der Waals surface area contributed by atoms with E-state index >= 15 is 0 Å². The van der Waals surface area contributed by atoms with Crippen LogP contribution >= 0.6 is 0 Å². The van der Waals surface area contributed by atoms with E-state index in [1.165, 1.54) is 12.8 Å². The summed E-state index contributed by atoms with van der Waals surface area (Å²) in [6.45, 7) is 0. The molecule has 1 aromatic carbocycles. The van der Waals surface area contributed by atoms with Crippen LogP contribution in [0.4, 0.5) is 0 Å². The van der Waals surface area contributed by atoms with Gasteiger partial charge in [-0.1, -0.05) is 43.0 Å². The van der Waals surface area contributed by atoms with Crippen LogP contribution in [0.3, 0.4) is 0 Å². The summed E-state index contributed by atoms with van der Waals surface area (Å²) in [4.78, 5) is 4.65. The van der Waals surface area contributed by atoms with E-state index in [0.29, 0.717) is 11.7 Å². The number of nitrogens with zero attached hydrogens (tertiary/aromatic N) is 6. The molecule has 25 heavy (non-hydrogen) atoms. The Labute approximate surface area is 145 Å². The molecular weight excluding hydrogens is 320 g/mol. The van der Waals surface area contributed by atoms with Gasteiger partial charge >= 0.3 is 0 Å². The van der Waals surface area contributed by atoms with E-state index in [1.807, 2.05) is 24.3 Å². The van der Waals surface area contributed by atoms with Gasteiger partial charge in [-0.3, -0.25) is 0 Å². The van der Waals surface area contributed by atoms with E-state index in [-0.39, 0.29) is 0 Å². The normalized spacial score (nSPS) is 17.3. The SMILES string of the molecule is COC1(c2nc(-c3cccc(-n4cnnn4)c3)no2)CCCCCC1. The molecule has 0 saturated heterocycles. The Kier molecular flexibility index (Phi) is 4.27. The highest BCUT2D eigenvalue weighted by Gasteiger charge is 2.38. The van der Waals surface area contributed by atoms with Crippen molar-refractivity contribution in [2.24, 2.45) is 0 Å². The molecule has 1 fully saturated rings. The molecule has 8 heteroatoms. The number of ether oxygens (including phenoxy) is 1. The largest absolute Gasteiger partial charge is 0.368 e. The second-order valence-electron chi connectivity index (χ2n) is 6.34. The average Bonchev–Trinajstić information content (AvgIpc) is 3.31. The van der Waals surface area contributed by atoms with E-state index in [9.17, 15) is 0 Å². The molecule has 3 aromatic rings. The molecule has 0 unspecified atom stereocenters. The lowest BCUT2D eigenvalue weighted by Gasteiger charge is -2.26. The first kappa shape index (κ1) is 15.9. The first-order valence-corrected chi connectivity index (χ1v) is 8.54. The summed E-state index contributed by atoms with van der Waals surface area (Å²) in [5.41, 5.74) is 1.22. The predicted molar refractivity (Wildman–Crippen MR) is 88.8 cm³/mol. The van der Waals surface area contributed by atoms with Crippen molar-refractivity contribution in [2.45, 2.75) is 44.1 Å². The zero-order valence-electron chi connectivity index (χ0n) is 14.1. The van der Waals surface area contributed by atoms with Crippen LogP contribution in [0, 0.1) is 0 Å². The predicted octanol–water partition coefficient (Wildman–Crippen LogP) is 2.91. The molecule has 1 saturated carbocycles. The van der Waals surface area contributed by atoms with Crippen molar-refractivity contribution in [3.63, 3.8) is 0 Å². The molecule has 0 atom stereocenters. The standard InChI is InChI=1S/C17H20N6O2/c1-24-17(9-4-2-3-5-10-17)16-19-15(20-25-16)13-7-6-8-14(11-13)23-12-18-21-22-23/h6-8,11-12H,2-5,9-10H2,1H3. The highest BCUT2D eigenvalue weighted by molar-refractivity contribution is 5.58. The van der Waals surface area contributed by atoms with E-state index in [2.05, 4.69) is 25.7 Å². The minimum Gasteiger partial charge on any atom is -0.368 e. The third-order valence-corrected chi connectivity index (χ3v) is 4.84. The summed E-state index contributed by atoms with van der Waals surface area (Å²) < 4.78 is 13.0. The van der Waals surface area contributed by atoms with Gasteiger partial charge in [0.1, 0.15) is 11.9 Å². The van der Waals surface area contributed by atoms with Gasteiger partial charge in [0, 0.05) is 12.7 Å². The Morgan fingerprint density at radius 1 is 1.16 bits per heavy atom. The fourth-order valence-electron chi connectivity index (χ4n) is 3.40. The minimum absolute atomic E-state index is 0.463. The van der Waals surface area contributed by atoms with Gasteiger partial charge in [-0.15, -0.1) is 5.10 Å². The zero-order chi connectivity index (χ0) is 17.1. The van der Waals surface area contributed by atoms with Crippen molar-refractivity contribution < 1.29 is 9.26 Å². The fraction of sp³-hybridized carbons (Fsp3) is 0.471. The summed E-state index contributed by atoms with van der Waals surface area (Å²) in [6, 6.07) is 7.70. The van der Waals surface area contributed by atoms with Crippen LogP contribution in [0.5, 0.6) is 0 Å². The van der Waals surface area contributed by atoms with Gasteiger partial charge in [-0.2, -0.15) is 4.98 Å². The molecule has 130 valence electrons. The number of hydrogen-bond acceptors (Lipinski definition) is 7. The zero-order valence-corrected chi connectivity index (χ0v) is 14.1. The number of methoxy groups -OCH3 is 1. The van der Waals surface area contributed by atoms with E-state index in [4.69, 9.17) is 9.26 Å². The summed E-state index contributed by atoms with van der Waals surface area (Å²) >= 11 is 0. The first-order chi connectivity index (χ1) is 12.3. The molecular formula is C17H20N6O2. The van der Waals surface area contributed by atoms with Gasteiger partial charge in [0.15, 0.2) is 0 Å². The van der Waals surface area contributed by atoms with Crippen molar-refractivity contribution in [1.82, 2.24) is 30.3 Å². The molecule has 0 radical (unpaired) electrons. The highest BCUT2D eigenvalue weighted by atomic mass is 16.5. The molecule has 4 rings (SSSR count). The number of aromatic nitrogens is 6. The number of rotatable bonds is 4. The Hall–Kier alpha value is -2.61. The average molecular weight is 340 g/mol. The van der Waals surface area contributed by atoms with Crippen LogP contribution in [0.15, 0.2) is 35.1 Å². The lowest BCUT2D eigenvalue weighted by Crippen LogP contribution is -2.28. The van der Waals surface area contributed by atoms with E-state index in [0.717, 1.165) is 36.9 Å². The van der Waals surface area contributed by atoms with Gasteiger partial charge in [-0.25, -0.2) is 4.68 Å². The third-order valence-electron chi connectivity index (χ3n) is 4.84. The Morgan fingerprint density at radius 3 is 2.72 bits per heavy atom. The smallest absolute Gasteiger partial charge is 0.259 e. The topological polar surface area (TPSA) is 91.8 Å². The molecule has 0 spiro atoms. The van der Waals surface area contributed by atoms with Crippen molar-refractivity contribution in [1.29, 1.82) is 0 Å². The number of tetrazole rings is 1. The van der Waals surface area contributed by atoms with E-state index < -0.39 is 5.60 Å². The van der Waals surface area contributed by atoms with Gasteiger partial charge in [0.2, 0.25) is 5.82 Å². The molecule has 8 nitrogen and oxygen atoms in total. The second-order valence-corrected chi connectivity index (χ2v) is 6.34. The van der Waals surface area contributed by atoms with Crippen molar-refractivity contribution in [3.8, 4) is 17.1 Å². The van der Waals surface area contributed by atoms with Gasteiger partial charge < -0.3 is 9.26 Å². The van der Waals surface area contributed by atoms with Crippen LogP contribution in [0.2, 0.25) is 0 Å². The van der Waals surface area contributed by atoms with E-state index in [1.54, 1.807) is 18.1 Å². The Bertz CT molecular complexity index is 821. The molecule has 2 aromatic heterocycles. The molecule has 1 aliphatic carbocycles. The highest BCUT2D eigenvalue weighted by Crippen LogP contribution is 2.38. The maximum Gasteiger partial charge on any atom is 0.259 e. The summed E-state index contributed by atoms with van der Waals surface area (Å²) in [5, 5.41) is 15.4. The molecule has 0 N–H and O–H groups in total. The monoisotopic (exact) mass is 340 g/mol. The lowest BCUT2D eigenvalue weighted by atomic mass is 9.94. The van der Waals surface area contributed by atoms with Crippen LogP contribution in [-0.2, 0) is 10.3 Å². The van der Waals surface area contributed by atoms with Crippen molar-refractivity contribution in [2.75, 3.05) is 7.11 Å². The summed E-state index contributed by atoms with van der Waals surface area (Å²) in [5.74, 6) is 1.12. The van der Waals surface area contributed by atoms with Crippen LogP contribution in [0.1, 0.15) is 44.4 Å². The maximum absolute atomic E-state index is 5.85. The van der Waals surface area contributed by atoms with Crippen molar-refractivity contribution in [3.05, 3.63) is 36.5 Å². The quantitative estimate of drug-likeness (QED) is 0.674. The third kappa shape index (κ3) is 3.05. The minimum atomic E-state index is -0.463. The second kappa shape index (κ2) is 6.72. The summed E-state index contributed by atoms with van der Waals surface area (Å²) in [6.07, 6.45) is 8.04. The van der Waals surface area contributed by atoms with Crippen LogP contribution in [-0.4, -0.2) is 37.5 Å². The number of hydrogen-bond donors (Lipinski definition) is 0. The molecule has 0 aliphatic heterocycles. The Morgan fingerprint density at radius 2 is 2.00 bits per heavy atom. The van der Waals surface area contributed by atoms with Crippen LogP contribution in [0.25, 0.3) is 17.1 Å². The fourth-order valence-corrected chi connectivity index (χ4v) is 3.40. The van der Waals surface area contributed by atoms with Crippen LogP contribution < -0.4 is 0 Å². The Balaban J connectivity index is 1.66.